The summed E-state index contributed by atoms with van der Waals surface area (Å²) in [6, 6.07) is 14.0. The maximum absolute atomic E-state index is 12.4. The van der Waals surface area contributed by atoms with Gasteiger partial charge in [0.05, 0.1) is 12.2 Å². The van der Waals surface area contributed by atoms with E-state index < -0.39 is 5.91 Å². The molecule has 0 spiro atoms. The molecule has 7 heteroatoms. The van der Waals surface area contributed by atoms with Crippen molar-refractivity contribution in [1.82, 2.24) is 16.2 Å². The number of hydrazine groups is 1. The summed E-state index contributed by atoms with van der Waals surface area (Å²) in [6.07, 6.45) is 0. The second-order valence-electron chi connectivity index (χ2n) is 6.43. The van der Waals surface area contributed by atoms with Crippen LogP contribution in [0.3, 0.4) is 0 Å². The SMILES string of the molecule is Cc1cccc(C(=O)NNC(=S)NC(=O)c2ccccc2OCC(C)C)c1. The first kappa shape index (κ1) is 20.4. The smallest absolute Gasteiger partial charge is 0.269 e. The Balaban J connectivity index is 1.92. The summed E-state index contributed by atoms with van der Waals surface area (Å²) in [7, 11) is 0. The quantitative estimate of drug-likeness (QED) is 0.545. The van der Waals surface area contributed by atoms with E-state index in [4.69, 9.17) is 17.0 Å². The lowest BCUT2D eigenvalue weighted by molar-refractivity contribution is 0.0933. The molecular weight excluding hydrogens is 362 g/mol. The zero-order chi connectivity index (χ0) is 19.8. The van der Waals surface area contributed by atoms with Gasteiger partial charge in [0.2, 0.25) is 0 Å². The third-order valence-electron chi connectivity index (χ3n) is 3.50. The van der Waals surface area contributed by atoms with Gasteiger partial charge in [0.25, 0.3) is 11.8 Å². The Hall–Kier alpha value is -2.93. The Kier molecular flexibility index (Phi) is 7.31. The highest BCUT2D eigenvalue weighted by atomic mass is 32.1. The van der Waals surface area contributed by atoms with Crippen molar-refractivity contribution in [2.24, 2.45) is 5.92 Å². The van der Waals surface area contributed by atoms with Crippen molar-refractivity contribution < 1.29 is 14.3 Å². The number of carbonyl (C=O) groups is 2. The highest BCUT2D eigenvalue weighted by Gasteiger charge is 2.14. The number of amides is 2. The summed E-state index contributed by atoms with van der Waals surface area (Å²) in [5, 5.41) is 2.51. The van der Waals surface area contributed by atoms with Crippen LogP contribution in [0.5, 0.6) is 5.75 Å². The maximum atomic E-state index is 12.4. The first-order valence-corrected chi connectivity index (χ1v) is 8.98. The second-order valence-corrected chi connectivity index (χ2v) is 6.84. The van der Waals surface area contributed by atoms with Gasteiger partial charge < -0.3 is 4.74 Å². The predicted octanol–water partition coefficient (Wildman–Crippen LogP) is 2.98. The standard InChI is InChI=1S/C20H23N3O3S/c1-13(2)12-26-17-10-5-4-9-16(17)19(25)21-20(27)23-22-18(24)15-8-6-7-14(3)11-15/h4-11,13H,12H2,1-3H3,(H,22,24)(H2,21,23,25,27). The molecule has 2 amide bonds. The van der Waals surface area contributed by atoms with Gasteiger partial charge in [-0.2, -0.15) is 0 Å². The molecule has 0 saturated carbocycles. The van der Waals surface area contributed by atoms with E-state index in [9.17, 15) is 9.59 Å². The van der Waals surface area contributed by atoms with Crippen molar-refractivity contribution in [3.05, 3.63) is 65.2 Å². The van der Waals surface area contributed by atoms with E-state index in [0.29, 0.717) is 29.4 Å². The summed E-state index contributed by atoms with van der Waals surface area (Å²) in [4.78, 5) is 24.5. The van der Waals surface area contributed by atoms with Gasteiger partial charge in [-0.15, -0.1) is 0 Å². The lowest BCUT2D eigenvalue weighted by atomic mass is 10.1. The number of aryl methyl sites for hydroxylation is 1. The fourth-order valence-corrected chi connectivity index (χ4v) is 2.35. The van der Waals surface area contributed by atoms with Gasteiger partial charge in [0.15, 0.2) is 5.11 Å². The van der Waals surface area contributed by atoms with Gasteiger partial charge in [-0.3, -0.25) is 25.8 Å². The number of hydrogen-bond acceptors (Lipinski definition) is 4. The third kappa shape index (κ3) is 6.38. The molecular formula is C20H23N3O3S. The number of nitrogens with one attached hydrogen (secondary N) is 3. The summed E-state index contributed by atoms with van der Waals surface area (Å²) < 4.78 is 5.67. The molecule has 0 saturated heterocycles. The van der Waals surface area contributed by atoms with Gasteiger partial charge in [-0.25, -0.2) is 0 Å². The molecule has 27 heavy (non-hydrogen) atoms. The second kappa shape index (κ2) is 9.68. The van der Waals surface area contributed by atoms with E-state index >= 15 is 0 Å². The minimum atomic E-state index is -0.420. The van der Waals surface area contributed by atoms with Gasteiger partial charge >= 0.3 is 0 Å². The van der Waals surface area contributed by atoms with Crippen LogP contribution in [0.4, 0.5) is 0 Å². The minimum Gasteiger partial charge on any atom is -0.492 e. The number of carbonyl (C=O) groups excluding carboxylic acids is 2. The molecule has 0 aromatic heterocycles. The lowest BCUT2D eigenvalue weighted by Crippen LogP contribution is -2.48. The highest BCUT2D eigenvalue weighted by molar-refractivity contribution is 7.80. The molecule has 0 atom stereocenters. The van der Waals surface area contributed by atoms with Crippen molar-refractivity contribution in [2.45, 2.75) is 20.8 Å². The zero-order valence-electron chi connectivity index (χ0n) is 15.5. The van der Waals surface area contributed by atoms with Crippen molar-refractivity contribution in [1.29, 1.82) is 0 Å². The van der Waals surface area contributed by atoms with Crippen molar-refractivity contribution in [3.8, 4) is 5.75 Å². The van der Waals surface area contributed by atoms with E-state index in [2.05, 4.69) is 16.2 Å². The Morgan fingerprint density at radius 1 is 1.04 bits per heavy atom. The summed E-state index contributed by atoms with van der Waals surface area (Å²) in [5.74, 6) is 0.0450. The highest BCUT2D eigenvalue weighted by Crippen LogP contribution is 2.18. The molecule has 0 aliphatic heterocycles. The lowest BCUT2D eigenvalue weighted by Gasteiger charge is -2.14. The van der Waals surface area contributed by atoms with Gasteiger partial charge in [-0.1, -0.05) is 43.7 Å². The van der Waals surface area contributed by atoms with Crippen LogP contribution in [0.15, 0.2) is 48.5 Å². The van der Waals surface area contributed by atoms with Crippen LogP contribution in [0.25, 0.3) is 0 Å². The van der Waals surface area contributed by atoms with Crippen molar-refractivity contribution >= 4 is 29.1 Å². The third-order valence-corrected chi connectivity index (χ3v) is 3.70. The fourth-order valence-electron chi connectivity index (χ4n) is 2.21. The Bertz CT molecular complexity index is 837. The van der Waals surface area contributed by atoms with Crippen LogP contribution in [0.1, 0.15) is 40.1 Å². The summed E-state index contributed by atoms with van der Waals surface area (Å²) >= 11 is 5.08. The molecule has 0 aliphatic rings. The molecule has 3 N–H and O–H groups in total. The van der Waals surface area contributed by atoms with Gasteiger partial charge in [-0.05, 0) is 49.3 Å². The maximum Gasteiger partial charge on any atom is 0.269 e. The monoisotopic (exact) mass is 385 g/mol. The van der Waals surface area contributed by atoms with Crippen molar-refractivity contribution in [2.75, 3.05) is 6.61 Å². The number of rotatable bonds is 5. The molecule has 0 heterocycles. The number of ether oxygens (including phenoxy) is 1. The van der Waals surface area contributed by atoms with E-state index in [1.54, 1.807) is 42.5 Å². The molecule has 0 unspecified atom stereocenters. The van der Waals surface area contributed by atoms with E-state index in [1.807, 2.05) is 26.8 Å². The first-order valence-electron chi connectivity index (χ1n) is 8.57. The van der Waals surface area contributed by atoms with Crippen molar-refractivity contribution in [3.63, 3.8) is 0 Å². The predicted molar refractivity (Wildman–Crippen MR) is 109 cm³/mol. The van der Waals surface area contributed by atoms with Crippen LogP contribution >= 0.6 is 12.2 Å². The molecule has 6 nitrogen and oxygen atoms in total. The van der Waals surface area contributed by atoms with Crippen LogP contribution in [0.2, 0.25) is 0 Å². The summed E-state index contributed by atoms with van der Waals surface area (Å²) in [6.45, 7) is 6.45. The van der Waals surface area contributed by atoms with Crippen LogP contribution in [0, 0.1) is 12.8 Å². The summed E-state index contributed by atoms with van der Waals surface area (Å²) in [5.41, 5.74) is 6.82. The average Bonchev–Trinajstić information content (AvgIpc) is 2.64. The molecule has 2 aromatic carbocycles. The first-order chi connectivity index (χ1) is 12.9. The van der Waals surface area contributed by atoms with Gasteiger partial charge in [0, 0.05) is 5.56 Å². The van der Waals surface area contributed by atoms with Crippen LogP contribution < -0.4 is 20.9 Å². The molecule has 2 rings (SSSR count). The molecule has 0 fully saturated rings. The molecule has 0 aliphatic carbocycles. The number of para-hydroxylation sites is 1. The Morgan fingerprint density at radius 2 is 1.78 bits per heavy atom. The molecule has 2 aromatic rings. The number of hydrogen-bond donors (Lipinski definition) is 3. The van der Waals surface area contributed by atoms with E-state index in [1.165, 1.54) is 0 Å². The number of benzene rings is 2. The molecule has 0 radical (unpaired) electrons. The average molecular weight is 385 g/mol. The van der Waals surface area contributed by atoms with E-state index in [-0.39, 0.29) is 11.0 Å². The largest absolute Gasteiger partial charge is 0.492 e. The van der Waals surface area contributed by atoms with E-state index in [0.717, 1.165) is 5.56 Å². The number of thiocarbonyl (C=S) groups is 1. The Morgan fingerprint density at radius 3 is 2.48 bits per heavy atom. The zero-order valence-corrected chi connectivity index (χ0v) is 16.4. The fraction of sp³-hybridized carbons (Fsp3) is 0.250. The topological polar surface area (TPSA) is 79.5 Å². The van der Waals surface area contributed by atoms with Crippen LogP contribution in [-0.2, 0) is 0 Å². The molecule has 0 bridgehead atoms. The molecule has 142 valence electrons. The minimum absolute atomic E-state index is 0.0142. The van der Waals surface area contributed by atoms with Gasteiger partial charge in [0.1, 0.15) is 5.75 Å². The Labute approximate surface area is 164 Å². The van der Waals surface area contributed by atoms with Crippen LogP contribution in [-0.4, -0.2) is 23.5 Å². The normalized spacial score (nSPS) is 10.2.